The van der Waals surface area contributed by atoms with Gasteiger partial charge in [-0.25, -0.2) is 0 Å². The van der Waals surface area contributed by atoms with Crippen molar-refractivity contribution in [3.8, 4) is 5.75 Å². The average Bonchev–Trinajstić information content (AvgIpc) is 2.29. The van der Waals surface area contributed by atoms with E-state index in [1.807, 2.05) is 12.1 Å². The van der Waals surface area contributed by atoms with E-state index in [1.165, 1.54) is 18.4 Å². The van der Waals surface area contributed by atoms with Gasteiger partial charge in [0.15, 0.2) is 0 Å². The first-order valence-corrected chi connectivity index (χ1v) is 6.20. The highest BCUT2D eigenvalue weighted by Gasteiger charge is 2.14. The predicted octanol–water partition coefficient (Wildman–Crippen LogP) is 2.89. The second kappa shape index (κ2) is 5.55. The number of hydrogen-bond donors (Lipinski definition) is 1. The topological polar surface area (TPSA) is 21.3 Å². The maximum absolute atomic E-state index is 6.05. The molecule has 1 aromatic carbocycles. The Morgan fingerprint density at radius 3 is 3.00 bits per heavy atom. The summed E-state index contributed by atoms with van der Waals surface area (Å²) in [5, 5.41) is 4.20. The van der Waals surface area contributed by atoms with Crippen LogP contribution in [-0.4, -0.2) is 20.2 Å². The van der Waals surface area contributed by atoms with Crippen LogP contribution in [0.4, 0.5) is 0 Å². The molecule has 0 saturated carbocycles. The summed E-state index contributed by atoms with van der Waals surface area (Å²) in [5.74, 6) is 1.59. The second-order valence-corrected chi connectivity index (χ2v) is 4.85. The summed E-state index contributed by atoms with van der Waals surface area (Å²) >= 11 is 6.05. The number of nitrogens with one attached hydrogen (secondary N) is 1. The van der Waals surface area contributed by atoms with Crippen LogP contribution < -0.4 is 10.1 Å². The Kier molecular flexibility index (Phi) is 4.08. The van der Waals surface area contributed by atoms with Crippen LogP contribution in [0.1, 0.15) is 18.4 Å². The Morgan fingerprint density at radius 1 is 1.44 bits per heavy atom. The number of piperidine rings is 1. The molecule has 1 aliphatic rings. The van der Waals surface area contributed by atoms with E-state index < -0.39 is 0 Å². The van der Waals surface area contributed by atoms with Crippen molar-refractivity contribution in [2.75, 3.05) is 20.2 Å². The predicted molar refractivity (Wildman–Crippen MR) is 67.3 cm³/mol. The molecule has 0 aliphatic carbocycles. The van der Waals surface area contributed by atoms with Crippen LogP contribution in [-0.2, 0) is 6.42 Å². The third-order valence-corrected chi connectivity index (χ3v) is 3.31. The summed E-state index contributed by atoms with van der Waals surface area (Å²) in [6.07, 6.45) is 3.67. The lowest BCUT2D eigenvalue weighted by atomic mass is 9.92. The molecular weight excluding hydrogens is 222 g/mol. The lowest BCUT2D eigenvalue weighted by Crippen LogP contribution is -2.30. The molecule has 2 rings (SSSR count). The van der Waals surface area contributed by atoms with Gasteiger partial charge in [0.2, 0.25) is 0 Å². The van der Waals surface area contributed by atoms with E-state index in [9.17, 15) is 0 Å². The van der Waals surface area contributed by atoms with Gasteiger partial charge in [-0.2, -0.15) is 0 Å². The highest BCUT2D eigenvalue weighted by atomic mass is 35.5. The number of halogens is 1. The Balaban J connectivity index is 2.04. The highest BCUT2D eigenvalue weighted by Crippen LogP contribution is 2.24. The van der Waals surface area contributed by atoms with Gasteiger partial charge in [-0.05, 0) is 62.0 Å². The number of hydrogen-bond acceptors (Lipinski definition) is 2. The van der Waals surface area contributed by atoms with E-state index in [2.05, 4.69) is 11.4 Å². The molecule has 0 aromatic heterocycles. The number of benzene rings is 1. The smallest absolute Gasteiger partial charge is 0.120 e. The van der Waals surface area contributed by atoms with Gasteiger partial charge < -0.3 is 10.1 Å². The molecule has 0 bridgehead atoms. The first-order chi connectivity index (χ1) is 7.78. The van der Waals surface area contributed by atoms with Gasteiger partial charge in [0.1, 0.15) is 5.75 Å². The first-order valence-electron chi connectivity index (χ1n) is 5.82. The molecular formula is C13H18ClNO. The van der Waals surface area contributed by atoms with Crippen molar-refractivity contribution < 1.29 is 4.74 Å². The van der Waals surface area contributed by atoms with E-state index in [1.54, 1.807) is 7.11 Å². The quantitative estimate of drug-likeness (QED) is 0.876. The molecule has 1 heterocycles. The molecule has 0 radical (unpaired) electrons. The van der Waals surface area contributed by atoms with E-state index in [0.717, 1.165) is 36.2 Å². The molecule has 88 valence electrons. The Bertz CT molecular complexity index is 348. The number of methoxy groups -OCH3 is 1. The van der Waals surface area contributed by atoms with Crippen molar-refractivity contribution in [2.45, 2.75) is 19.3 Å². The van der Waals surface area contributed by atoms with E-state index in [4.69, 9.17) is 16.3 Å². The lowest BCUT2D eigenvalue weighted by Gasteiger charge is -2.22. The van der Waals surface area contributed by atoms with Crippen LogP contribution in [0, 0.1) is 5.92 Å². The van der Waals surface area contributed by atoms with Gasteiger partial charge in [-0.15, -0.1) is 0 Å². The van der Waals surface area contributed by atoms with Crippen LogP contribution in [0.5, 0.6) is 5.75 Å². The van der Waals surface area contributed by atoms with Crippen molar-refractivity contribution in [3.63, 3.8) is 0 Å². The summed E-state index contributed by atoms with van der Waals surface area (Å²) in [7, 11) is 1.68. The highest BCUT2D eigenvalue weighted by molar-refractivity contribution is 6.30. The first kappa shape index (κ1) is 11.7. The standard InChI is InChI=1S/C13H18ClNO/c1-16-13-7-11(6-12(14)8-13)5-10-3-2-4-15-9-10/h6-8,10,15H,2-5,9H2,1H3. The molecule has 1 fully saturated rings. The van der Waals surface area contributed by atoms with Crippen LogP contribution in [0.3, 0.4) is 0 Å². The number of ether oxygens (including phenoxy) is 1. The molecule has 1 atom stereocenters. The molecule has 0 spiro atoms. The van der Waals surface area contributed by atoms with Crippen molar-refractivity contribution in [1.29, 1.82) is 0 Å². The average molecular weight is 240 g/mol. The fraction of sp³-hybridized carbons (Fsp3) is 0.538. The fourth-order valence-electron chi connectivity index (χ4n) is 2.29. The third kappa shape index (κ3) is 3.13. The zero-order chi connectivity index (χ0) is 11.4. The molecule has 0 amide bonds. The Labute approximate surface area is 102 Å². The van der Waals surface area contributed by atoms with Crippen LogP contribution in [0.25, 0.3) is 0 Å². The summed E-state index contributed by atoms with van der Waals surface area (Å²) in [6, 6.07) is 5.98. The summed E-state index contributed by atoms with van der Waals surface area (Å²) < 4.78 is 5.22. The maximum Gasteiger partial charge on any atom is 0.120 e. The zero-order valence-corrected chi connectivity index (χ0v) is 10.4. The lowest BCUT2D eigenvalue weighted by molar-refractivity contribution is 0.374. The molecule has 1 aromatic rings. The van der Waals surface area contributed by atoms with E-state index in [-0.39, 0.29) is 0 Å². The molecule has 1 saturated heterocycles. The van der Waals surface area contributed by atoms with Crippen molar-refractivity contribution in [3.05, 3.63) is 28.8 Å². The van der Waals surface area contributed by atoms with Gasteiger partial charge in [0, 0.05) is 5.02 Å². The molecule has 2 nitrogen and oxygen atoms in total. The molecule has 1 unspecified atom stereocenters. The van der Waals surface area contributed by atoms with Gasteiger partial charge in [0.05, 0.1) is 7.11 Å². The minimum absolute atomic E-state index is 0.733. The van der Waals surface area contributed by atoms with Gasteiger partial charge in [-0.3, -0.25) is 0 Å². The zero-order valence-electron chi connectivity index (χ0n) is 9.63. The summed E-state index contributed by atoms with van der Waals surface area (Å²) in [5.41, 5.74) is 1.28. The Hall–Kier alpha value is -0.730. The molecule has 16 heavy (non-hydrogen) atoms. The van der Waals surface area contributed by atoms with Crippen molar-refractivity contribution in [1.82, 2.24) is 5.32 Å². The van der Waals surface area contributed by atoms with E-state index >= 15 is 0 Å². The van der Waals surface area contributed by atoms with Crippen LogP contribution in [0.15, 0.2) is 18.2 Å². The largest absolute Gasteiger partial charge is 0.497 e. The van der Waals surface area contributed by atoms with Gasteiger partial charge >= 0.3 is 0 Å². The second-order valence-electron chi connectivity index (χ2n) is 4.42. The number of rotatable bonds is 3. The van der Waals surface area contributed by atoms with Crippen LogP contribution >= 0.6 is 11.6 Å². The van der Waals surface area contributed by atoms with Crippen molar-refractivity contribution in [2.24, 2.45) is 5.92 Å². The van der Waals surface area contributed by atoms with Crippen LogP contribution in [0.2, 0.25) is 5.02 Å². The van der Waals surface area contributed by atoms with Gasteiger partial charge in [-0.1, -0.05) is 11.6 Å². The maximum atomic E-state index is 6.05. The SMILES string of the molecule is COc1cc(Cl)cc(CC2CCCNC2)c1. The van der Waals surface area contributed by atoms with E-state index in [0.29, 0.717) is 0 Å². The van der Waals surface area contributed by atoms with Crippen molar-refractivity contribution >= 4 is 11.6 Å². The summed E-state index contributed by atoms with van der Waals surface area (Å²) in [4.78, 5) is 0. The normalized spacial score (nSPS) is 20.8. The molecule has 1 N–H and O–H groups in total. The fourth-order valence-corrected chi connectivity index (χ4v) is 2.54. The minimum Gasteiger partial charge on any atom is -0.497 e. The van der Waals surface area contributed by atoms with Gasteiger partial charge in [0.25, 0.3) is 0 Å². The Morgan fingerprint density at radius 2 is 2.31 bits per heavy atom. The monoisotopic (exact) mass is 239 g/mol. The summed E-state index contributed by atoms with van der Waals surface area (Å²) in [6.45, 7) is 2.28. The molecule has 1 aliphatic heterocycles. The molecule has 3 heteroatoms. The third-order valence-electron chi connectivity index (χ3n) is 3.09. The minimum atomic E-state index is 0.733.